The van der Waals surface area contributed by atoms with Crippen molar-refractivity contribution in [2.45, 2.75) is 32.2 Å². The minimum atomic E-state index is 0.710. The Kier molecular flexibility index (Phi) is 4.62. The zero-order chi connectivity index (χ0) is 15.4. The average Bonchev–Trinajstić information content (AvgIpc) is 2.99. The molecule has 3 rings (SSSR count). The van der Waals surface area contributed by atoms with Gasteiger partial charge in [0, 0.05) is 26.7 Å². The fourth-order valence-corrected chi connectivity index (χ4v) is 3.84. The Hall–Kier alpha value is -2.02. The Labute approximate surface area is 132 Å². The lowest BCUT2D eigenvalue weighted by molar-refractivity contribution is 0.299. The van der Waals surface area contributed by atoms with Gasteiger partial charge in [0.2, 0.25) is 0 Å². The Morgan fingerprint density at radius 1 is 1.32 bits per heavy atom. The Bertz CT molecular complexity index is 573. The summed E-state index contributed by atoms with van der Waals surface area (Å²) in [6.07, 6.45) is 5.54. The monoisotopic (exact) mass is 296 g/mol. The van der Waals surface area contributed by atoms with Crippen molar-refractivity contribution in [3.8, 4) is 6.07 Å². The van der Waals surface area contributed by atoms with E-state index in [4.69, 9.17) is 5.26 Å². The van der Waals surface area contributed by atoms with E-state index in [-0.39, 0.29) is 0 Å². The van der Waals surface area contributed by atoms with Gasteiger partial charge in [-0.05, 0) is 42.4 Å². The largest absolute Gasteiger partial charge is 0.352 e. The Morgan fingerprint density at radius 3 is 2.68 bits per heavy atom. The number of rotatable bonds is 2. The van der Waals surface area contributed by atoms with Crippen LogP contribution in [0.2, 0.25) is 0 Å². The summed E-state index contributed by atoms with van der Waals surface area (Å²) in [5.41, 5.74) is 1.83. The first-order valence-electron chi connectivity index (χ1n) is 8.25. The topological polar surface area (TPSA) is 51.4 Å². The lowest BCUT2D eigenvalue weighted by Gasteiger charge is -2.22. The van der Waals surface area contributed by atoms with Crippen LogP contribution in [0.15, 0.2) is 29.3 Å². The van der Waals surface area contributed by atoms with Crippen LogP contribution in [0.3, 0.4) is 0 Å². The van der Waals surface area contributed by atoms with Crippen LogP contribution in [0, 0.1) is 23.2 Å². The molecule has 0 amide bonds. The number of hydrogen-bond donors (Lipinski definition) is 1. The normalized spacial score (nSPS) is 24.7. The number of benzene rings is 1. The van der Waals surface area contributed by atoms with Crippen LogP contribution in [-0.2, 0) is 6.54 Å². The highest BCUT2D eigenvalue weighted by molar-refractivity contribution is 5.80. The second-order valence-electron chi connectivity index (χ2n) is 6.42. The summed E-state index contributed by atoms with van der Waals surface area (Å²) >= 11 is 0. The van der Waals surface area contributed by atoms with Crippen molar-refractivity contribution >= 4 is 5.96 Å². The van der Waals surface area contributed by atoms with E-state index >= 15 is 0 Å². The first-order chi connectivity index (χ1) is 10.8. The van der Waals surface area contributed by atoms with Crippen LogP contribution in [0.25, 0.3) is 0 Å². The number of likely N-dealkylation sites (tertiary alicyclic amines) is 1. The van der Waals surface area contributed by atoms with Gasteiger partial charge in [0.15, 0.2) is 5.96 Å². The van der Waals surface area contributed by atoms with Gasteiger partial charge >= 0.3 is 0 Å². The first-order valence-corrected chi connectivity index (χ1v) is 8.25. The maximum atomic E-state index is 8.97. The second-order valence-corrected chi connectivity index (χ2v) is 6.42. The molecule has 116 valence electrons. The van der Waals surface area contributed by atoms with Crippen molar-refractivity contribution in [1.29, 1.82) is 5.26 Å². The molecule has 1 aromatic rings. The molecule has 1 heterocycles. The summed E-state index contributed by atoms with van der Waals surface area (Å²) in [4.78, 5) is 6.86. The molecule has 2 unspecified atom stereocenters. The van der Waals surface area contributed by atoms with Gasteiger partial charge in [-0.1, -0.05) is 25.0 Å². The molecule has 0 radical (unpaired) electrons. The van der Waals surface area contributed by atoms with Crippen molar-refractivity contribution in [2.24, 2.45) is 16.8 Å². The molecule has 1 saturated carbocycles. The van der Waals surface area contributed by atoms with Crippen molar-refractivity contribution < 1.29 is 0 Å². The molecular weight excluding hydrogens is 272 g/mol. The molecule has 0 spiro atoms. The lowest BCUT2D eigenvalue weighted by Crippen LogP contribution is -2.39. The standard InChI is InChI=1S/C18H24N4/c1-20-18(21-11-15-6-4-5-14(9-15)10-19)22-12-16-7-2-3-8-17(16)13-22/h4-6,9,16-17H,2-3,7-8,11-13H2,1H3,(H,20,21). The molecule has 1 saturated heterocycles. The van der Waals surface area contributed by atoms with E-state index in [1.54, 1.807) is 0 Å². The van der Waals surface area contributed by atoms with Gasteiger partial charge in [0.25, 0.3) is 0 Å². The second kappa shape index (κ2) is 6.83. The van der Waals surface area contributed by atoms with E-state index in [9.17, 15) is 0 Å². The van der Waals surface area contributed by atoms with Gasteiger partial charge < -0.3 is 10.2 Å². The third-order valence-electron chi connectivity index (χ3n) is 4.99. The molecule has 0 bridgehead atoms. The van der Waals surface area contributed by atoms with Crippen molar-refractivity contribution in [2.75, 3.05) is 20.1 Å². The SMILES string of the molecule is CN=C(NCc1cccc(C#N)c1)N1CC2CCCCC2C1. The van der Waals surface area contributed by atoms with Crippen LogP contribution in [-0.4, -0.2) is 31.0 Å². The third kappa shape index (κ3) is 3.24. The summed E-state index contributed by atoms with van der Waals surface area (Å²) in [5, 5.41) is 12.4. The molecular formula is C18H24N4. The zero-order valence-electron chi connectivity index (χ0n) is 13.3. The van der Waals surface area contributed by atoms with Crippen LogP contribution in [0.5, 0.6) is 0 Å². The highest BCUT2D eigenvalue weighted by atomic mass is 15.3. The number of guanidine groups is 1. The van der Waals surface area contributed by atoms with Gasteiger partial charge in [-0.2, -0.15) is 5.26 Å². The highest BCUT2D eigenvalue weighted by Crippen LogP contribution is 2.35. The van der Waals surface area contributed by atoms with E-state index in [1.165, 1.54) is 25.7 Å². The fourth-order valence-electron chi connectivity index (χ4n) is 3.84. The van der Waals surface area contributed by atoms with E-state index in [0.29, 0.717) is 12.1 Å². The summed E-state index contributed by atoms with van der Waals surface area (Å²) in [6, 6.07) is 9.94. The molecule has 1 aromatic carbocycles. The highest BCUT2D eigenvalue weighted by Gasteiger charge is 2.35. The lowest BCUT2D eigenvalue weighted by atomic mass is 9.82. The molecule has 4 nitrogen and oxygen atoms in total. The van der Waals surface area contributed by atoms with E-state index in [1.807, 2.05) is 31.3 Å². The zero-order valence-corrected chi connectivity index (χ0v) is 13.3. The molecule has 2 fully saturated rings. The number of fused-ring (bicyclic) bond motifs is 1. The van der Waals surface area contributed by atoms with Crippen molar-refractivity contribution in [3.05, 3.63) is 35.4 Å². The van der Waals surface area contributed by atoms with Gasteiger partial charge in [0.1, 0.15) is 0 Å². The average molecular weight is 296 g/mol. The molecule has 2 aliphatic rings. The summed E-state index contributed by atoms with van der Waals surface area (Å²) in [7, 11) is 1.86. The number of hydrogen-bond acceptors (Lipinski definition) is 2. The summed E-state index contributed by atoms with van der Waals surface area (Å²) in [5.74, 6) is 2.71. The minimum Gasteiger partial charge on any atom is -0.352 e. The summed E-state index contributed by atoms with van der Waals surface area (Å²) < 4.78 is 0. The molecule has 4 heteroatoms. The molecule has 1 aliphatic carbocycles. The van der Waals surface area contributed by atoms with E-state index in [0.717, 1.165) is 36.4 Å². The minimum absolute atomic E-state index is 0.710. The molecule has 1 aliphatic heterocycles. The van der Waals surface area contributed by atoms with Gasteiger partial charge in [-0.15, -0.1) is 0 Å². The van der Waals surface area contributed by atoms with Gasteiger partial charge in [0.05, 0.1) is 11.6 Å². The molecule has 1 N–H and O–H groups in total. The fraction of sp³-hybridized carbons (Fsp3) is 0.556. The van der Waals surface area contributed by atoms with E-state index in [2.05, 4.69) is 21.3 Å². The summed E-state index contributed by atoms with van der Waals surface area (Å²) in [6.45, 7) is 3.00. The number of aliphatic imine (C=N–C) groups is 1. The quantitative estimate of drug-likeness (QED) is 0.674. The Balaban J connectivity index is 1.60. The smallest absolute Gasteiger partial charge is 0.193 e. The molecule has 2 atom stereocenters. The molecule has 22 heavy (non-hydrogen) atoms. The predicted molar refractivity (Wildman–Crippen MR) is 88.4 cm³/mol. The van der Waals surface area contributed by atoms with Crippen LogP contribution < -0.4 is 5.32 Å². The number of nitrogens with zero attached hydrogens (tertiary/aromatic N) is 3. The van der Waals surface area contributed by atoms with Gasteiger partial charge in [-0.25, -0.2) is 0 Å². The Morgan fingerprint density at radius 2 is 2.05 bits per heavy atom. The van der Waals surface area contributed by atoms with E-state index < -0.39 is 0 Å². The van der Waals surface area contributed by atoms with Crippen molar-refractivity contribution in [3.63, 3.8) is 0 Å². The number of nitrogens with one attached hydrogen (secondary N) is 1. The number of nitriles is 1. The maximum Gasteiger partial charge on any atom is 0.193 e. The van der Waals surface area contributed by atoms with Crippen LogP contribution in [0.4, 0.5) is 0 Å². The first kappa shape index (κ1) is 14.9. The third-order valence-corrected chi connectivity index (χ3v) is 4.99. The maximum absolute atomic E-state index is 8.97. The van der Waals surface area contributed by atoms with Crippen molar-refractivity contribution in [1.82, 2.24) is 10.2 Å². The molecule has 0 aromatic heterocycles. The van der Waals surface area contributed by atoms with Gasteiger partial charge in [-0.3, -0.25) is 4.99 Å². The van der Waals surface area contributed by atoms with Crippen LogP contribution in [0.1, 0.15) is 36.8 Å². The van der Waals surface area contributed by atoms with Crippen LogP contribution >= 0.6 is 0 Å². The predicted octanol–water partition coefficient (Wildman–Crippen LogP) is 2.76.